The van der Waals surface area contributed by atoms with Crippen LogP contribution in [0, 0.1) is 5.92 Å². The molecule has 1 aromatic heterocycles. The molecule has 1 N–H and O–H groups in total. The van der Waals surface area contributed by atoms with Crippen LogP contribution >= 0.6 is 0 Å². The Morgan fingerprint density at radius 3 is 2.53 bits per heavy atom. The molecule has 0 aromatic carbocycles. The highest BCUT2D eigenvalue weighted by molar-refractivity contribution is 5.23. The molecule has 108 valence electrons. The van der Waals surface area contributed by atoms with Crippen molar-refractivity contribution in [2.45, 2.75) is 66.2 Å². The first-order valence-electron chi connectivity index (χ1n) is 7.13. The minimum atomic E-state index is 0.101. The van der Waals surface area contributed by atoms with Crippen molar-refractivity contribution in [1.82, 2.24) is 10.3 Å². The summed E-state index contributed by atoms with van der Waals surface area (Å²) >= 11 is 0. The maximum absolute atomic E-state index is 5.93. The normalized spacial score (nSPS) is 13.6. The lowest BCUT2D eigenvalue weighted by Crippen LogP contribution is -2.35. The molecule has 0 saturated carbocycles. The first-order chi connectivity index (χ1) is 8.76. The number of hydrogen-bond donors (Lipinski definition) is 1. The zero-order valence-electron chi connectivity index (χ0n) is 13.2. The maximum atomic E-state index is 5.93. The third kappa shape index (κ3) is 7.16. The summed E-state index contributed by atoms with van der Waals surface area (Å²) in [5.41, 5.74) is 1.12. The van der Waals surface area contributed by atoms with Gasteiger partial charge < -0.3 is 10.1 Å². The van der Waals surface area contributed by atoms with Crippen molar-refractivity contribution in [3.63, 3.8) is 0 Å². The van der Waals surface area contributed by atoms with Gasteiger partial charge in [0.25, 0.3) is 0 Å². The van der Waals surface area contributed by atoms with Crippen LogP contribution in [0.15, 0.2) is 18.3 Å². The number of nitrogens with one attached hydrogen (secondary N) is 1. The Labute approximate surface area is 117 Å². The Kier molecular flexibility index (Phi) is 5.80. The largest absolute Gasteiger partial charge is 0.491 e. The maximum Gasteiger partial charge on any atom is 0.123 e. The predicted molar refractivity (Wildman–Crippen MR) is 80.4 cm³/mol. The van der Waals surface area contributed by atoms with Gasteiger partial charge in [0.2, 0.25) is 0 Å². The van der Waals surface area contributed by atoms with Gasteiger partial charge in [-0.25, -0.2) is 0 Å². The molecular weight excluding hydrogens is 236 g/mol. The summed E-state index contributed by atoms with van der Waals surface area (Å²) in [4.78, 5) is 4.37. The standard InChI is InChI=1S/C16H28N2O/c1-12(2)9-13(3)19-15-7-8-17-14(10-15)11-18-16(4,5)6/h7-8,10,12-13,18H,9,11H2,1-6H3. The van der Waals surface area contributed by atoms with Gasteiger partial charge in [-0.15, -0.1) is 0 Å². The zero-order chi connectivity index (χ0) is 14.5. The van der Waals surface area contributed by atoms with Crippen LogP contribution < -0.4 is 10.1 Å². The van der Waals surface area contributed by atoms with E-state index in [4.69, 9.17) is 4.74 Å². The van der Waals surface area contributed by atoms with Crippen LogP contribution in [-0.4, -0.2) is 16.6 Å². The summed E-state index contributed by atoms with van der Waals surface area (Å²) in [6.07, 6.45) is 3.13. The number of pyridine rings is 1. The van der Waals surface area contributed by atoms with Crippen molar-refractivity contribution >= 4 is 0 Å². The minimum absolute atomic E-state index is 0.101. The summed E-state index contributed by atoms with van der Waals surface area (Å²) < 4.78 is 5.93. The molecule has 0 aliphatic heterocycles. The van der Waals surface area contributed by atoms with E-state index in [1.165, 1.54) is 0 Å². The highest BCUT2D eigenvalue weighted by atomic mass is 16.5. The van der Waals surface area contributed by atoms with Crippen LogP contribution in [0.3, 0.4) is 0 Å². The number of rotatable bonds is 6. The topological polar surface area (TPSA) is 34.1 Å². The monoisotopic (exact) mass is 264 g/mol. The summed E-state index contributed by atoms with van der Waals surface area (Å²) in [6, 6.07) is 3.95. The molecule has 0 saturated heterocycles. The molecule has 3 heteroatoms. The second-order valence-electron chi connectivity index (χ2n) is 6.64. The van der Waals surface area contributed by atoms with E-state index in [9.17, 15) is 0 Å². The zero-order valence-corrected chi connectivity index (χ0v) is 13.2. The molecule has 0 radical (unpaired) electrons. The smallest absolute Gasteiger partial charge is 0.123 e. The van der Waals surface area contributed by atoms with Gasteiger partial charge >= 0.3 is 0 Å². The minimum Gasteiger partial charge on any atom is -0.491 e. The first kappa shape index (κ1) is 16.0. The third-order valence-corrected chi connectivity index (χ3v) is 2.73. The molecule has 0 bridgehead atoms. The molecular formula is C16H28N2O. The number of aromatic nitrogens is 1. The third-order valence-electron chi connectivity index (χ3n) is 2.73. The van der Waals surface area contributed by atoms with Gasteiger partial charge in [0, 0.05) is 24.3 Å². The van der Waals surface area contributed by atoms with Crippen molar-refractivity contribution < 1.29 is 4.74 Å². The van der Waals surface area contributed by atoms with E-state index in [1.807, 2.05) is 18.3 Å². The Morgan fingerprint density at radius 2 is 1.95 bits per heavy atom. The van der Waals surface area contributed by atoms with Gasteiger partial charge in [-0.1, -0.05) is 13.8 Å². The Hall–Kier alpha value is -1.09. The van der Waals surface area contributed by atoms with Crippen molar-refractivity contribution in [3.8, 4) is 5.75 Å². The highest BCUT2D eigenvalue weighted by Crippen LogP contribution is 2.16. The van der Waals surface area contributed by atoms with Crippen LogP contribution in [0.2, 0.25) is 0 Å². The second-order valence-corrected chi connectivity index (χ2v) is 6.64. The molecule has 1 rings (SSSR count). The fourth-order valence-corrected chi connectivity index (χ4v) is 1.93. The van der Waals surface area contributed by atoms with E-state index in [0.29, 0.717) is 5.92 Å². The van der Waals surface area contributed by atoms with Crippen LogP contribution in [0.4, 0.5) is 0 Å². The molecule has 0 fully saturated rings. The average molecular weight is 264 g/mol. The Morgan fingerprint density at radius 1 is 1.26 bits per heavy atom. The highest BCUT2D eigenvalue weighted by Gasteiger charge is 2.10. The lowest BCUT2D eigenvalue weighted by atomic mass is 10.1. The van der Waals surface area contributed by atoms with Crippen molar-refractivity contribution in [2.24, 2.45) is 5.92 Å². The van der Waals surface area contributed by atoms with E-state index in [1.54, 1.807) is 0 Å². The number of nitrogens with zero attached hydrogens (tertiary/aromatic N) is 1. The van der Waals surface area contributed by atoms with E-state index in [-0.39, 0.29) is 11.6 Å². The molecule has 1 atom stereocenters. The van der Waals surface area contributed by atoms with Crippen LogP contribution in [0.25, 0.3) is 0 Å². The van der Waals surface area contributed by atoms with Gasteiger partial charge in [0.1, 0.15) is 5.75 Å². The van der Waals surface area contributed by atoms with E-state index >= 15 is 0 Å². The number of hydrogen-bond acceptors (Lipinski definition) is 3. The first-order valence-corrected chi connectivity index (χ1v) is 7.13. The Bertz CT molecular complexity index is 383. The number of ether oxygens (including phenoxy) is 1. The molecule has 0 amide bonds. The molecule has 3 nitrogen and oxygen atoms in total. The van der Waals surface area contributed by atoms with E-state index in [0.717, 1.165) is 24.4 Å². The predicted octanol–water partition coefficient (Wildman–Crippen LogP) is 3.78. The van der Waals surface area contributed by atoms with Gasteiger partial charge in [0.15, 0.2) is 0 Å². The van der Waals surface area contributed by atoms with Gasteiger partial charge in [-0.2, -0.15) is 0 Å². The fourth-order valence-electron chi connectivity index (χ4n) is 1.93. The lowest BCUT2D eigenvalue weighted by Gasteiger charge is -2.21. The summed E-state index contributed by atoms with van der Waals surface area (Å²) in [5.74, 6) is 1.56. The quantitative estimate of drug-likeness (QED) is 0.849. The molecule has 19 heavy (non-hydrogen) atoms. The summed E-state index contributed by atoms with van der Waals surface area (Å²) in [5, 5.41) is 3.43. The average Bonchev–Trinajstić information content (AvgIpc) is 2.24. The molecule has 0 aliphatic rings. The van der Waals surface area contributed by atoms with Crippen LogP contribution in [-0.2, 0) is 6.54 Å². The molecule has 1 heterocycles. The van der Waals surface area contributed by atoms with Gasteiger partial charge in [-0.05, 0) is 46.1 Å². The molecule has 1 aromatic rings. The van der Waals surface area contributed by atoms with Crippen molar-refractivity contribution in [3.05, 3.63) is 24.0 Å². The molecule has 1 unspecified atom stereocenters. The van der Waals surface area contributed by atoms with Gasteiger partial charge in [-0.3, -0.25) is 4.98 Å². The fraction of sp³-hybridized carbons (Fsp3) is 0.688. The van der Waals surface area contributed by atoms with Gasteiger partial charge in [0.05, 0.1) is 11.8 Å². The van der Waals surface area contributed by atoms with Crippen LogP contribution in [0.1, 0.15) is 53.7 Å². The molecule has 0 aliphatic carbocycles. The Balaban J connectivity index is 2.57. The van der Waals surface area contributed by atoms with E-state index < -0.39 is 0 Å². The summed E-state index contributed by atoms with van der Waals surface area (Å²) in [6.45, 7) is 13.8. The SMILES string of the molecule is CC(C)CC(C)Oc1ccnc(CNC(C)(C)C)c1. The van der Waals surface area contributed by atoms with Crippen LogP contribution in [0.5, 0.6) is 5.75 Å². The van der Waals surface area contributed by atoms with Crippen molar-refractivity contribution in [2.75, 3.05) is 0 Å². The lowest BCUT2D eigenvalue weighted by molar-refractivity contribution is 0.193. The second kappa shape index (κ2) is 6.90. The summed E-state index contributed by atoms with van der Waals surface area (Å²) in [7, 11) is 0. The van der Waals surface area contributed by atoms with Crippen molar-refractivity contribution in [1.29, 1.82) is 0 Å². The molecule has 0 spiro atoms. The van der Waals surface area contributed by atoms with E-state index in [2.05, 4.69) is 51.8 Å².